The Hall–Kier alpha value is -1.79. The zero-order valence-electron chi connectivity index (χ0n) is 12.0. The second-order valence-electron chi connectivity index (χ2n) is 4.37. The van der Waals surface area contributed by atoms with Gasteiger partial charge in [-0.3, -0.25) is 0 Å². The predicted molar refractivity (Wildman–Crippen MR) is 78.4 cm³/mol. The van der Waals surface area contributed by atoms with Crippen LogP contribution in [0.2, 0.25) is 0 Å². The smallest absolute Gasteiger partial charge is 0.337 e. The van der Waals surface area contributed by atoms with E-state index in [1.54, 1.807) is 32.4 Å². The fourth-order valence-electron chi connectivity index (χ4n) is 2.02. The van der Waals surface area contributed by atoms with Gasteiger partial charge in [0.1, 0.15) is 0 Å². The SMILES string of the molecule is COCCCN(CCOC)c1c(N)cccc1C(=O)O. The molecule has 0 aromatic heterocycles. The number of para-hydroxylation sites is 1. The van der Waals surface area contributed by atoms with Gasteiger partial charge >= 0.3 is 5.97 Å². The van der Waals surface area contributed by atoms with E-state index in [0.717, 1.165) is 6.42 Å². The lowest BCUT2D eigenvalue weighted by atomic mass is 10.1. The molecule has 0 heterocycles. The van der Waals surface area contributed by atoms with Gasteiger partial charge in [-0.1, -0.05) is 6.07 Å². The lowest BCUT2D eigenvalue weighted by Gasteiger charge is -2.27. The van der Waals surface area contributed by atoms with Crippen LogP contribution in [0.25, 0.3) is 0 Å². The Morgan fingerprint density at radius 3 is 2.55 bits per heavy atom. The molecule has 6 nitrogen and oxygen atoms in total. The van der Waals surface area contributed by atoms with Crippen molar-refractivity contribution < 1.29 is 19.4 Å². The summed E-state index contributed by atoms with van der Waals surface area (Å²) in [5.74, 6) is -0.985. The first-order valence-corrected chi connectivity index (χ1v) is 6.46. The van der Waals surface area contributed by atoms with E-state index in [1.807, 2.05) is 4.90 Å². The molecule has 1 aromatic carbocycles. The van der Waals surface area contributed by atoms with Gasteiger partial charge in [0.2, 0.25) is 0 Å². The minimum absolute atomic E-state index is 0.207. The Bertz CT molecular complexity index is 437. The third-order valence-corrected chi connectivity index (χ3v) is 2.96. The standard InChI is InChI=1S/C14H22N2O4/c1-19-9-4-7-16(8-10-20-2)13-11(14(17)18)5-3-6-12(13)15/h3,5-6H,4,7-10,15H2,1-2H3,(H,17,18). The van der Waals surface area contributed by atoms with Gasteiger partial charge in [-0.2, -0.15) is 0 Å². The van der Waals surface area contributed by atoms with Crippen molar-refractivity contribution in [3.63, 3.8) is 0 Å². The Morgan fingerprint density at radius 2 is 1.95 bits per heavy atom. The first-order chi connectivity index (χ1) is 9.61. The van der Waals surface area contributed by atoms with E-state index < -0.39 is 5.97 Å². The number of hydrogen-bond acceptors (Lipinski definition) is 5. The molecular formula is C14H22N2O4. The van der Waals surface area contributed by atoms with Crippen molar-refractivity contribution in [1.82, 2.24) is 0 Å². The van der Waals surface area contributed by atoms with Gasteiger partial charge in [-0.05, 0) is 18.6 Å². The summed E-state index contributed by atoms with van der Waals surface area (Å²) >= 11 is 0. The summed E-state index contributed by atoms with van der Waals surface area (Å²) in [6.45, 7) is 2.35. The summed E-state index contributed by atoms with van der Waals surface area (Å²) in [6, 6.07) is 4.91. The number of carboxylic acid groups (broad SMARTS) is 1. The maximum atomic E-state index is 11.3. The highest BCUT2D eigenvalue weighted by Crippen LogP contribution is 2.28. The second-order valence-corrected chi connectivity index (χ2v) is 4.37. The number of aromatic carboxylic acids is 1. The zero-order valence-corrected chi connectivity index (χ0v) is 12.0. The van der Waals surface area contributed by atoms with Crippen LogP contribution in [0.5, 0.6) is 0 Å². The summed E-state index contributed by atoms with van der Waals surface area (Å²) < 4.78 is 10.1. The third kappa shape index (κ3) is 4.40. The van der Waals surface area contributed by atoms with Gasteiger partial charge in [0.05, 0.1) is 23.5 Å². The second kappa shape index (κ2) is 8.39. The molecule has 0 amide bonds. The molecule has 0 fully saturated rings. The summed E-state index contributed by atoms with van der Waals surface area (Å²) in [6.07, 6.45) is 0.785. The number of nitrogens with zero attached hydrogens (tertiary/aromatic N) is 1. The van der Waals surface area contributed by atoms with Crippen molar-refractivity contribution in [2.75, 3.05) is 51.2 Å². The molecule has 0 aliphatic heterocycles. The molecule has 0 saturated carbocycles. The lowest BCUT2D eigenvalue weighted by Crippen LogP contribution is -2.31. The fraction of sp³-hybridized carbons (Fsp3) is 0.500. The summed E-state index contributed by atoms with van der Waals surface area (Å²) in [7, 11) is 3.25. The lowest BCUT2D eigenvalue weighted by molar-refractivity contribution is 0.0697. The molecule has 1 rings (SSSR count). The van der Waals surface area contributed by atoms with Gasteiger partial charge in [0.15, 0.2) is 0 Å². The molecule has 0 atom stereocenters. The van der Waals surface area contributed by atoms with Crippen LogP contribution in [0.1, 0.15) is 16.8 Å². The first kappa shape index (κ1) is 16.3. The average molecular weight is 282 g/mol. The molecule has 3 N–H and O–H groups in total. The molecule has 0 radical (unpaired) electrons. The highest BCUT2D eigenvalue weighted by Gasteiger charge is 2.18. The van der Waals surface area contributed by atoms with Crippen LogP contribution in [0.3, 0.4) is 0 Å². The van der Waals surface area contributed by atoms with Crippen LogP contribution in [0.4, 0.5) is 11.4 Å². The largest absolute Gasteiger partial charge is 0.478 e. The monoisotopic (exact) mass is 282 g/mol. The number of hydrogen-bond donors (Lipinski definition) is 2. The van der Waals surface area contributed by atoms with Gasteiger partial charge in [0.25, 0.3) is 0 Å². The van der Waals surface area contributed by atoms with E-state index >= 15 is 0 Å². The molecule has 112 valence electrons. The quantitative estimate of drug-likeness (QED) is 0.527. The predicted octanol–water partition coefficient (Wildman–Crippen LogP) is 1.46. The van der Waals surface area contributed by atoms with E-state index in [0.29, 0.717) is 37.7 Å². The maximum absolute atomic E-state index is 11.3. The normalized spacial score (nSPS) is 10.5. The molecule has 20 heavy (non-hydrogen) atoms. The number of nitrogens with two attached hydrogens (primary N) is 1. The Morgan fingerprint density at radius 1 is 1.25 bits per heavy atom. The molecule has 0 aliphatic rings. The number of ether oxygens (including phenoxy) is 2. The Balaban J connectivity index is 3.01. The number of rotatable bonds is 9. The van der Waals surface area contributed by atoms with E-state index in [-0.39, 0.29) is 5.56 Å². The van der Waals surface area contributed by atoms with Crippen LogP contribution in [0.15, 0.2) is 18.2 Å². The molecule has 0 bridgehead atoms. The van der Waals surface area contributed by atoms with E-state index in [2.05, 4.69) is 0 Å². The fourth-order valence-corrected chi connectivity index (χ4v) is 2.02. The number of nitrogen functional groups attached to an aromatic ring is 1. The molecule has 0 saturated heterocycles. The van der Waals surface area contributed by atoms with E-state index in [1.165, 1.54) is 0 Å². The van der Waals surface area contributed by atoms with Crippen molar-refractivity contribution in [2.24, 2.45) is 0 Å². The minimum atomic E-state index is -0.985. The average Bonchev–Trinajstić information content (AvgIpc) is 2.43. The van der Waals surface area contributed by atoms with E-state index in [4.69, 9.17) is 15.2 Å². The Kier molecular flexibility index (Phi) is 6.83. The van der Waals surface area contributed by atoms with Gasteiger partial charge < -0.3 is 25.2 Å². The maximum Gasteiger partial charge on any atom is 0.337 e. The number of carbonyl (C=O) groups is 1. The summed E-state index contributed by atoms with van der Waals surface area (Å²) in [5.41, 5.74) is 7.17. The van der Waals surface area contributed by atoms with Crippen LogP contribution in [-0.2, 0) is 9.47 Å². The Labute approximate surface area is 119 Å². The van der Waals surface area contributed by atoms with E-state index in [9.17, 15) is 9.90 Å². The van der Waals surface area contributed by atoms with Gasteiger partial charge in [-0.15, -0.1) is 0 Å². The number of carboxylic acids is 1. The van der Waals surface area contributed by atoms with Crippen LogP contribution in [0, 0.1) is 0 Å². The molecule has 0 spiro atoms. The zero-order chi connectivity index (χ0) is 15.0. The summed E-state index contributed by atoms with van der Waals surface area (Å²) in [4.78, 5) is 13.3. The van der Waals surface area contributed by atoms with Crippen molar-refractivity contribution in [1.29, 1.82) is 0 Å². The molecule has 0 unspecified atom stereocenters. The van der Waals surface area contributed by atoms with Crippen molar-refractivity contribution >= 4 is 17.3 Å². The molecule has 0 aliphatic carbocycles. The van der Waals surface area contributed by atoms with Crippen LogP contribution < -0.4 is 10.6 Å². The van der Waals surface area contributed by atoms with Crippen molar-refractivity contribution in [2.45, 2.75) is 6.42 Å². The topological polar surface area (TPSA) is 85.0 Å². The van der Waals surface area contributed by atoms with Gasteiger partial charge in [0, 0.05) is 33.9 Å². The highest BCUT2D eigenvalue weighted by molar-refractivity contribution is 5.98. The number of benzene rings is 1. The molecule has 1 aromatic rings. The molecular weight excluding hydrogens is 260 g/mol. The summed E-state index contributed by atoms with van der Waals surface area (Å²) in [5, 5.41) is 9.30. The van der Waals surface area contributed by atoms with Crippen LogP contribution in [-0.4, -0.2) is 51.6 Å². The number of methoxy groups -OCH3 is 2. The first-order valence-electron chi connectivity index (χ1n) is 6.46. The minimum Gasteiger partial charge on any atom is -0.478 e. The van der Waals surface area contributed by atoms with Gasteiger partial charge in [-0.25, -0.2) is 4.79 Å². The highest BCUT2D eigenvalue weighted by atomic mass is 16.5. The van der Waals surface area contributed by atoms with Crippen molar-refractivity contribution in [3.05, 3.63) is 23.8 Å². The third-order valence-electron chi connectivity index (χ3n) is 2.96. The molecule has 6 heteroatoms. The van der Waals surface area contributed by atoms with Crippen molar-refractivity contribution in [3.8, 4) is 0 Å². The number of anilines is 2. The van der Waals surface area contributed by atoms with Crippen LogP contribution >= 0.6 is 0 Å².